The first kappa shape index (κ1) is 16.5. The van der Waals surface area contributed by atoms with E-state index in [0.717, 1.165) is 40.0 Å². The predicted molar refractivity (Wildman–Crippen MR) is 94.3 cm³/mol. The number of nitrogens with zero attached hydrogens (tertiary/aromatic N) is 2. The number of hydrogen-bond acceptors (Lipinski definition) is 5. The highest BCUT2D eigenvalue weighted by Gasteiger charge is 2.26. The van der Waals surface area contributed by atoms with E-state index in [-0.39, 0.29) is 5.97 Å². The van der Waals surface area contributed by atoms with E-state index in [4.69, 9.17) is 9.15 Å². The monoisotopic (exact) mass is 344 g/mol. The first-order valence-electron chi connectivity index (χ1n) is 7.95. The number of aromatic nitrogens is 2. The lowest BCUT2D eigenvalue weighted by Crippen LogP contribution is -2.08. The van der Waals surface area contributed by atoms with E-state index in [9.17, 15) is 4.79 Å². The standard InChI is InChI=1S/C18H20N2O3S/c1-5-20-11(3)15(16(12(20)4)18(21)22-6-2)13-10-24-17(19-13)14-8-7-9-23-14/h7-10H,5-6H2,1-4H3. The highest BCUT2D eigenvalue weighted by molar-refractivity contribution is 7.13. The molecule has 0 spiro atoms. The summed E-state index contributed by atoms with van der Waals surface area (Å²) < 4.78 is 12.8. The van der Waals surface area contributed by atoms with E-state index in [1.807, 2.05) is 38.3 Å². The Kier molecular flexibility index (Phi) is 4.57. The smallest absolute Gasteiger partial charge is 0.340 e. The molecule has 0 unspecified atom stereocenters. The van der Waals surface area contributed by atoms with Crippen LogP contribution in [0.3, 0.4) is 0 Å². The van der Waals surface area contributed by atoms with Crippen molar-refractivity contribution in [3.63, 3.8) is 0 Å². The van der Waals surface area contributed by atoms with E-state index >= 15 is 0 Å². The van der Waals surface area contributed by atoms with Gasteiger partial charge in [0.2, 0.25) is 0 Å². The maximum Gasteiger partial charge on any atom is 0.340 e. The van der Waals surface area contributed by atoms with Crippen LogP contribution in [0.15, 0.2) is 28.2 Å². The number of furan rings is 1. The van der Waals surface area contributed by atoms with Gasteiger partial charge in [-0.25, -0.2) is 9.78 Å². The molecule has 0 atom stereocenters. The van der Waals surface area contributed by atoms with Gasteiger partial charge in [0.15, 0.2) is 10.8 Å². The van der Waals surface area contributed by atoms with Crippen molar-refractivity contribution in [3.05, 3.63) is 40.7 Å². The quantitative estimate of drug-likeness (QED) is 0.630. The van der Waals surface area contributed by atoms with Gasteiger partial charge in [0.25, 0.3) is 0 Å². The summed E-state index contributed by atoms with van der Waals surface area (Å²) in [5, 5.41) is 2.76. The molecule has 0 aliphatic heterocycles. The SMILES string of the molecule is CCOC(=O)c1c(-c2csc(-c3ccco3)n2)c(C)n(CC)c1C. The fourth-order valence-electron chi connectivity index (χ4n) is 3.03. The summed E-state index contributed by atoms with van der Waals surface area (Å²) in [6.07, 6.45) is 1.63. The minimum Gasteiger partial charge on any atom is -0.462 e. The lowest BCUT2D eigenvalue weighted by Gasteiger charge is -2.05. The molecule has 0 saturated heterocycles. The number of hydrogen-bond donors (Lipinski definition) is 0. The van der Waals surface area contributed by atoms with Crippen molar-refractivity contribution in [2.24, 2.45) is 0 Å². The third-order valence-electron chi connectivity index (χ3n) is 4.07. The first-order chi connectivity index (χ1) is 11.6. The second-order valence-corrected chi connectivity index (χ2v) is 6.26. The minimum absolute atomic E-state index is 0.298. The van der Waals surface area contributed by atoms with Crippen molar-refractivity contribution in [1.82, 2.24) is 9.55 Å². The molecule has 0 aliphatic rings. The lowest BCUT2D eigenvalue weighted by molar-refractivity contribution is 0.0526. The average Bonchev–Trinajstić information content (AvgIpc) is 3.26. The molecule has 0 radical (unpaired) electrons. The number of thiazole rings is 1. The van der Waals surface area contributed by atoms with Crippen molar-refractivity contribution < 1.29 is 13.9 Å². The van der Waals surface area contributed by atoms with Gasteiger partial charge in [-0.2, -0.15) is 0 Å². The van der Waals surface area contributed by atoms with Gasteiger partial charge >= 0.3 is 5.97 Å². The summed E-state index contributed by atoms with van der Waals surface area (Å²) in [5.41, 5.74) is 4.17. The third-order valence-corrected chi connectivity index (χ3v) is 4.93. The summed E-state index contributed by atoms with van der Waals surface area (Å²) in [7, 11) is 0. The molecule has 0 saturated carbocycles. The molecule has 5 nitrogen and oxygen atoms in total. The van der Waals surface area contributed by atoms with Gasteiger partial charge in [-0.1, -0.05) is 0 Å². The number of ether oxygens (including phenoxy) is 1. The van der Waals surface area contributed by atoms with Crippen molar-refractivity contribution in [2.75, 3.05) is 6.61 Å². The summed E-state index contributed by atoms with van der Waals surface area (Å²) in [6.45, 7) is 8.98. The van der Waals surface area contributed by atoms with Crippen molar-refractivity contribution in [1.29, 1.82) is 0 Å². The number of rotatable bonds is 5. The molecule has 0 aromatic carbocycles. The fourth-order valence-corrected chi connectivity index (χ4v) is 3.80. The van der Waals surface area contributed by atoms with Crippen LogP contribution < -0.4 is 0 Å². The second kappa shape index (κ2) is 6.65. The van der Waals surface area contributed by atoms with Gasteiger partial charge < -0.3 is 13.7 Å². The van der Waals surface area contributed by atoms with E-state index in [2.05, 4.69) is 16.5 Å². The van der Waals surface area contributed by atoms with Crippen LogP contribution in [0.2, 0.25) is 0 Å². The molecule has 0 fully saturated rings. The van der Waals surface area contributed by atoms with Gasteiger partial charge in [0, 0.05) is 28.9 Å². The molecule has 0 N–H and O–H groups in total. The second-order valence-electron chi connectivity index (χ2n) is 5.40. The Bertz CT molecular complexity index is 859. The average molecular weight is 344 g/mol. The number of esters is 1. The van der Waals surface area contributed by atoms with Crippen molar-refractivity contribution in [3.8, 4) is 22.0 Å². The summed E-state index contributed by atoms with van der Waals surface area (Å²) in [5.74, 6) is 0.432. The Balaban J connectivity index is 2.15. The van der Waals surface area contributed by atoms with Gasteiger partial charge in [-0.05, 0) is 39.8 Å². The van der Waals surface area contributed by atoms with Gasteiger partial charge in [0.1, 0.15) is 0 Å². The maximum absolute atomic E-state index is 12.5. The molecule has 0 amide bonds. The zero-order chi connectivity index (χ0) is 17.3. The van der Waals surface area contributed by atoms with Crippen LogP contribution in [-0.4, -0.2) is 22.1 Å². The molecule has 126 valence electrons. The molecule has 3 aromatic rings. The van der Waals surface area contributed by atoms with Crippen LogP contribution in [0.1, 0.15) is 35.6 Å². The lowest BCUT2D eigenvalue weighted by atomic mass is 10.1. The largest absolute Gasteiger partial charge is 0.462 e. The first-order valence-corrected chi connectivity index (χ1v) is 8.83. The van der Waals surface area contributed by atoms with Crippen molar-refractivity contribution >= 4 is 17.3 Å². The molecular weight excluding hydrogens is 324 g/mol. The molecule has 3 heterocycles. The van der Waals surface area contributed by atoms with Crippen LogP contribution in [0.25, 0.3) is 22.0 Å². The third kappa shape index (κ3) is 2.67. The Hall–Kier alpha value is -2.34. The Morgan fingerprint density at radius 2 is 2.12 bits per heavy atom. The zero-order valence-corrected chi connectivity index (χ0v) is 15.1. The fraction of sp³-hybridized carbons (Fsp3) is 0.333. The molecule has 6 heteroatoms. The minimum atomic E-state index is -0.298. The normalized spacial score (nSPS) is 11.0. The molecule has 3 rings (SSSR count). The molecule has 0 aliphatic carbocycles. The van der Waals surface area contributed by atoms with E-state index in [1.165, 1.54) is 11.3 Å². The van der Waals surface area contributed by atoms with Gasteiger partial charge in [-0.3, -0.25) is 0 Å². The summed E-state index contributed by atoms with van der Waals surface area (Å²) in [4.78, 5) is 17.2. The Labute approximate surface area is 144 Å². The van der Waals surface area contributed by atoms with Crippen LogP contribution in [-0.2, 0) is 11.3 Å². The zero-order valence-electron chi connectivity index (χ0n) is 14.3. The topological polar surface area (TPSA) is 57.3 Å². The van der Waals surface area contributed by atoms with Crippen LogP contribution >= 0.6 is 11.3 Å². The molecule has 0 bridgehead atoms. The highest BCUT2D eigenvalue weighted by Crippen LogP contribution is 2.36. The summed E-state index contributed by atoms with van der Waals surface area (Å²) in [6, 6.07) is 3.72. The van der Waals surface area contributed by atoms with Crippen LogP contribution in [0.5, 0.6) is 0 Å². The van der Waals surface area contributed by atoms with Crippen molar-refractivity contribution in [2.45, 2.75) is 34.2 Å². The van der Waals surface area contributed by atoms with Crippen LogP contribution in [0, 0.1) is 13.8 Å². The number of carbonyl (C=O) groups excluding carboxylic acids is 1. The van der Waals surface area contributed by atoms with E-state index in [1.54, 1.807) is 6.26 Å². The van der Waals surface area contributed by atoms with Gasteiger partial charge in [-0.15, -0.1) is 11.3 Å². The van der Waals surface area contributed by atoms with E-state index in [0.29, 0.717) is 12.2 Å². The Morgan fingerprint density at radius 3 is 2.75 bits per heavy atom. The Morgan fingerprint density at radius 1 is 1.33 bits per heavy atom. The highest BCUT2D eigenvalue weighted by atomic mass is 32.1. The molecule has 24 heavy (non-hydrogen) atoms. The molecular formula is C18H20N2O3S. The van der Waals surface area contributed by atoms with Crippen LogP contribution in [0.4, 0.5) is 0 Å². The number of carbonyl (C=O) groups is 1. The van der Waals surface area contributed by atoms with Gasteiger partial charge in [0.05, 0.1) is 24.1 Å². The molecule has 3 aromatic heterocycles. The van der Waals surface area contributed by atoms with E-state index < -0.39 is 0 Å². The maximum atomic E-state index is 12.5. The predicted octanol–water partition coefficient (Wildman–Crippen LogP) is 4.69. The summed E-state index contributed by atoms with van der Waals surface area (Å²) >= 11 is 1.50.